The molecular weight excluding hydrogens is 1630 g/mol. The number of aromatic nitrogens is 14. The minimum Gasteiger partial charge on any atom is -0.363 e. The van der Waals surface area contributed by atoms with Gasteiger partial charge in [0.15, 0.2) is 22.8 Å². The molecule has 0 bridgehead atoms. The Kier molecular flexibility index (Phi) is 29.0. The summed E-state index contributed by atoms with van der Waals surface area (Å²) in [7, 11) is 23.9. The summed E-state index contributed by atoms with van der Waals surface area (Å²) in [6, 6.07) is 55.6. The standard InChI is InChI=1S/C27H30N6O.C25H27N7O.C25H28N6O.C23H25N7O/c1-32(2)17-19-6-5-7-23(13-19)29-27(34)26-24-14-21(8-9-25(24)30-31-26)22-12-20(15-28-16-22)18-33-10-3-4-11-33;1-31(2)23-8-6-20(15-27-23)28-25(33)24-21-12-18(5-7-22(21)29-30-24)19-11-17(13-26-14-19)16-32-9-3-4-10-32;1-30(2)15-17-5-8-21(9-6-17)27-25(32)24-22-12-19(7-10-23(22)28-29-24)20-11-18(13-26-14-20)16-31(3)4;1-29(2)14-15-9-17(12-24-11-15)16-5-7-20-19(10-16)22(28-27-20)23(31)26-18-6-8-21(25-13-18)30(3)4/h5-9,12-16H,3-4,10-11,17-18H2,1-2H3,(H,29,34)(H,30,31);5-8,11-15H,3-4,9-10,16H2,1-2H3,(H,28,33)(H,29,30);5-14H,15-16H2,1-4H3,(H,27,32)(H,28,29);5-13H,14H2,1-4H3,(H,26,31)(H,27,28). The first-order valence-corrected chi connectivity index (χ1v) is 43.3. The first kappa shape index (κ1) is 90.1. The Morgan fingerprint density at radius 3 is 0.931 bits per heavy atom. The van der Waals surface area contributed by atoms with E-state index in [0.29, 0.717) is 34.2 Å². The molecular formula is C100H110N26O4. The fraction of sp³-hybridized carbons (Fsp3) is 0.260. The second kappa shape index (κ2) is 41.9. The average molecular weight is 1740 g/mol. The third-order valence-electron chi connectivity index (χ3n) is 22.2. The van der Waals surface area contributed by atoms with Crippen molar-refractivity contribution in [2.24, 2.45) is 0 Å². The summed E-state index contributed by atoms with van der Waals surface area (Å²) in [6.45, 7) is 9.74. The van der Waals surface area contributed by atoms with E-state index < -0.39 is 0 Å². The molecule has 6 aromatic carbocycles. The molecule has 130 heavy (non-hydrogen) atoms. The van der Waals surface area contributed by atoms with Crippen molar-refractivity contribution in [1.82, 2.24) is 100 Å². The molecule has 0 unspecified atom stereocenters. The van der Waals surface area contributed by atoms with Gasteiger partial charge in [-0.05, 0) is 285 Å². The van der Waals surface area contributed by atoms with Crippen molar-refractivity contribution in [1.29, 1.82) is 0 Å². The van der Waals surface area contributed by atoms with Gasteiger partial charge in [-0.1, -0.05) is 48.5 Å². The Balaban J connectivity index is 0.000000133. The number of H-pyrrole nitrogens is 4. The lowest BCUT2D eigenvalue weighted by atomic mass is 10.0. The third-order valence-corrected chi connectivity index (χ3v) is 22.2. The SMILES string of the molecule is CN(C)Cc1ccc(NC(=O)c2n[nH]c3ccc(-c4cncc(CN(C)C)c4)cc23)cc1.CN(C)Cc1cccc(NC(=O)c2n[nH]c3ccc(-c4cncc(CN5CCCC5)c4)cc23)c1.CN(C)Cc1cncc(-c2ccc3[nH]nc(C(=O)Nc4ccc(N(C)C)nc4)c3c2)c1.CN(C)c1ccc(NC(=O)c2n[nH]c3ccc(-c4cncc(CN5CCCC5)c4)cc23)cn1. The van der Waals surface area contributed by atoms with Crippen LogP contribution in [-0.4, -0.2) is 234 Å². The summed E-state index contributed by atoms with van der Waals surface area (Å²) < 4.78 is 0. The minimum absolute atomic E-state index is 0.230. The van der Waals surface area contributed by atoms with Crippen LogP contribution in [0.25, 0.3) is 88.1 Å². The Labute approximate surface area is 756 Å². The molecule has 2 aliphatic rings. The molecule has 2 aliphatic heterocycles. The van der Waals surface area contributed by atoms with Crippen molar-refractivity contribution < 1.29 is 19.2 Å². The lowest BCUT2D eigenvalue weighted by molar-refractivity contribution is 0.101. The lowest BCUT2D eigenvalue weighted by Crippen LogP contribution is -2.18. The number of hydrogen-bond acceptors (Lipinski definition) is 22. The summed E-state index contributed by atoms with van der Waals surface area (Å²) >= 11 is 0. The van der Waals surface area contributed by atoms with Crippen LogP contribution in [0.2, 0.25) is 0 Å². The smallest absolute Gasteiger partial charge is 0.276 e. The molecule has 4 amide bonds. The molecule has 0 aliphatic carbocycles. The number of amides is 4. The Hall–Kier alpha value is -14.7. The fourth-order valence-electron chi connectivity index (χ4n) is 15.9. The van der Waals surface area contributed by atoms with E-state index in [1.165, 1.54) is 42.4 Å². The number of benzene rings is 6. The molecule has 30 heteroatoms. The van der Waals surface area contributed by atoms with E-state index in [-0.39, 0.29) is 23.6 Å². The average Bonchev–Trinajstić information content (AvgIpc) is 1.66. The van der Waals surface area contributed by atoms with Crippen LogP contribution in [-0.2, 0) is 39.3 Å². The second-order valence-corrected chi connectivity index (χ2v) is 34.4. The van der Waals surface area contributed by atoms with Gasteiger partial charge in [0, 0.05) is 172 Å². The van der Waals surface area contributed by atoms with Gasteiger partial charge in [-0.3, -0.25) is 69.3 Å². The number of anilines is 6. The van der Waals surface area contributed by atoms with Crippen LogP contribution in [0.1, 0.15) is 101 Å². The number of nitrogens with one attached hydrogen (secondary N) is 8. The summed E-state index contributed by atoms with van der Waals surface area (Å²) in [6.07, 6.45) is 23.4. The number of nitrogens with zero attached hydrogens (tertiary/aromatic N) is 18. The van der Waals surface area contributed by atoms with Crippen LogP contribution in [0.15, 0.2) is 232 Å². The van der Waals surface area contributed by atoms with Gasteiger partial charge in [-0.15, -0.1) is 0 Å². The number of aromatic amines is 4. The highest BCUT2D eigenvalue weighted by Crippen LogP contribution is 2.33. The van der Waals surface area contributed by atoms with Crippen molar-refractivity contribution in [3.05, 3.63) is 288 Å². The zero-order valence-corrected chi connectivity index (χ0v) is 75.5. The van der Waals surface area contributed by atoms with E-state index in [4.69, 9.17) is 0 Å². The molecule has 2 saturated heterocycles. The van der Waals surface area contributed by atoms with Gasteiger partial charge in [0.05, 0.1) is 45.8 Å². The van der Waals surface area contributed by atoms with Crippen LogP contribution in [0.4, 0.5) is 34.4 Å². The first-order chi connectivity index (χ1) is 62.9. The van der Waals surface area contributed by atoms with E-state index in [0.717, 1.165) is 193 Å². The van der Waals surface area contributed by atoms with E-state index in [9.17, 15) is 19.2 Å². The maximum Gasteiger partial charge on any atom is 0.276 e. The Bertz CT molecular complexity index is 6600. The number of likely N-dealkylation sites (tertiary alicyclic amines) is 2. The molecule has 8 N–H and O–H groups in total. The Morgan fingerprint density at radius 2 is 0.600 bits per heavy atom. The molecule has 664 valence electrons. The number of rotatable bonds is 26. The summed E-state index contributed by atoms with van der Waals surface area (Å²) in [5.74, 6) is 0.599. The van der Waals surface area contributed by atoms with Crippen molar-refractivity contribution in [2.75, 3.05) is 142 Å². The number of carbonyl (C=O) groups excluding carboxylic acids is 4. The molecule has 2 fully saturated rings. The van der Waals surface area contributed by atoms with E-state index in [2.05, 4.69) is 152 Å². The van der Waals surface area contributed by atoms with Crippen LogP contribution in [0.3, 0.4) is 0 Å². The number of hydrogen-bond donors (Lipinski definition) is 8. The number of carbonyl (C=O) groups is 4. The van der Waals surface area contributed by atoms with Gasteiger partial charge in [-0.2, -0.15) is 20.4 Å². The summed E-state index contributed by atoms with van der Waals surface area (Å²) in [5, 5.41) is 43.8. The zero-order chi connectivity index (χ0) is 90.9. The predicted molar refractivity (Wildman–Crippen MR) is 518 cm³/mol. The summed E-state index contributed by atoms with van der Waals surface area (Å²) in [4.78, 5) is 95.4. The highest BCUT2D eigenvalue weighted by atomic mass is 16.2. The van der Waals surface area contributed by atoms with Gasteiger partial charge < -0.3 is 50.7 Å². The van der Waals surface area contributed by atoms with Crippen molar-refractivity contribution in [2.45, 2.75) is 65.0 Å². The largest absolute Gasteiger partial charge is 0.363 e. The van der Waals surface area contributed by atoms with Gasteiger partial charge in [-0.25, -0.2) is 9.97 Å². The molecule has 0 atom stereocenters. The third kappa shape index (κ3) is 23.4. The van der Waals surface area contributed by atoms with Crippen LogP contribution in [0, 0.1) is 0 Å². The van der Waals surface area contributed by atoms with Gasteiger partial charge in [0.1, 0.15) is 11.6 Å². The second-order valence-electron chi connectivity index (χ2n) is 34.4. The predicted octanol–water partition coefficient (Wildman–Crippen LogP) is 15.9. The fourth-order valence-corrected chi connectivity index (χ4v) is 15.9. The zero-order valence-electron chi connectivity index (χ0n) is 75.5. The monoisotopic (exact) mass is 1740 g/mol. The minimum atomic E-state index is -0.290. The normalized spacial score (nSPS) is 12.7. The van der Waals surface area contributed by atoms with Crippen LogP contribution >= 0.6 is 0 Å². The van der Waals surface area contributed by atoms with Crippen LogP contribution < -0.4 is 31.1 Å². The van der Waals surface area contributed by atoms with E-state index in [1.54, 1.807) is 12.4 Å². The van der Waals surface area contributed by atoms with E-state index >= 15 is 0 Å². The maximum atomic E-state index is 13.1. The van der Waals surface area contributed by atoms with Gasteiger partial charge >= 0.3 is 0 Å². The topological polar surface area (TPSA) is 334 Å². The van der Waals surface area contributed by atoms with Crippen LogP contribution in [0.5, 0.6) is 0 Å². The quantitative estimate of drug-likeness (QED) is 0.0250. The lowest BCUT2D eigenvalue weighted by Gasteiger charge is -2.14. The summed E-state index contributed by atoms with van der Waals surface area (Å²) in [5.41, 5.74) is 22.5. The van der Waals surface area contributed by atoms with Crippen molar-refractivity contribution >= 4 is 102 Å². The highest BCUT2D eigenvalue weighted by Gasteiger charge is 2.23. The molecule has 16 aromatic rings. The molecule has 0 saturated carbocycles. The molecule has 0 radical (unpaired) electrons. The molecule has 0 spiro atoms. The van der Waals surface area contributed by atoms with Crippen molar-refractivity contribution in [3.8, 4) is 44.5 Å². The van der Waals surface area contributed by atoms with Gasteiger partial charge in [0.25, 0.3) is 23.6 Å². The first-order valence-electron chi connectivity index (χ1n) is 43.3. The van der Waals surface area contributed by atoms with E-state index in [1.807, 2.05) is 283 Å². The number of pyridine rings is 6. The van der Waals surface area contributed by atoms with Gasteiger partial charge in [0.2, 0.25) is 0 Å². The maximum absolute atomic E-state index is 13.1. The molecule has 10 aromatic heterocycles. The molecule has 18 rings (SSSR count). The Morgan fingerprint density at radius 1 is 0.292 bits per heavy atom. The highest BCUT2D eigenvalue weighted by molar-refractivity contribution is 6.14. The van der Waals surface area contributed by atoms with Crippen molar-refractivity contribution in [3.63, 3.8) is 0 Å². The molecule has 30 nitrogen and oxygen atoms in total. The number of fused-ring (bicyclic) bond motifs is 4. The molecule has 12 heterocycles.